The standard InChI is InChI=1S/C10H12FNO2.ClH/c1-6-2-3-7(8(11)4-6)5-9(12)10(13)14;/h2-4,9H,5,12H2,1H3,(H,13,14);1H/t9-;/m0./s1. The first-order valence-corrected chi connectivity index (χ1v) is 4.24. The Bertz CT molecular complexity index is 357. The van der Waals surface area contributed by atoms with Crippen LogP contribution in [0, 0.1) is 12.7 Å². The third-order valence-electron chi connectivity index (χ3n) is 1.97. The van der Waals surface area contributed by atoms with E-state index in [2.05, 4.69) is 0 Å². The van der Waals surface area contributed by atoms with Gasteiger partial charge in [0.1, 0.15) is 11.9 Å². The maximum atomic E-state index is 13.2. The third kappa shape index (κ3) is 3.85. The fourth-order valence-corrected chi connectivity index (χ4v) is 1.14. The van der Waals surface area contributed by atoms with Crippen LogP contribution in [-0.2, 0) is 11.2 Å². The van der Waals surface area contributed by atoms with Crippen molar-refractivity contribution in [3.8, 4) is 0 Å². The number of aryl methyl sites for hydroxylation is 1. The molecule has 0 aromatic heterocycles. The molecule has 5 heteroatoms. The van der Waals surface area contributed by atoms with Crippen LogP contribution in [0.3, 0.4) is 0 Å². The van der Waals surface area contributed by atoms with Gasteiger partial charge in [-0.1, -0.05) is 12.1 Å². The molecule has 0 saturated carbocycles. The fraction of sp³-hybridized carbons (Fsp3) is 0.300. The second-order valence-corrected chi connectivity index (χ2v) is 3.24. The predicted octanol–water partition coefficient (Wildman–Crippen LogP) is 1.51. The van der Waals surface area contributed by atoms with Crippen LogP contribution in [-0.4, -0.2) is 17.1 Å². The molecule has 0 aliphatic heterocycles. The Labute approximate surface area is 93.5 Å². The lowest BCUT2D eigenvalue weighted by molar-refractivity contribution is -0.138. The van der Waals surface area contributed by atoms with Crippen LogP contribution < -0.4 is 5.73 Å². The van der Waals surface area contributed by atoms with E-state index in [1.54, 1.807) is 19.1 Å². The van der Waals surface area contributed by atoms with Crippen molar-refractivity contribution in [2.45, 2.75) is 19.4 Å². The Morgan fingerprint density at radius 3 is 2.67 bits per heavy atom. The summed E-state index contributed by atoms with van der Waals surface area (Å²) in [4.78, 5) is 10.4. The summed E-state index contributed by atoms with van der Waals surface area (Å²) >= 11 is 0. The molecule has 3 N–H and O–H groups in total. The first-order chi connectivity index (χ1) is 6.50. The molecule has 0 heterocycles. The van der Waals surface area contributed by atoms with Crippen LogP contribution in [0.1, 0.15) is 11.1 Å². The number of carboxylic acid groups (broad SMARTS) is 1. The van der Waals surface area contributed by atoms with E-state index in [-0.39, 0.29) is 18.8 Å². The van der Waals surface area contributed by atoms with Gasteiger partial charge in [0.25, 0.3) is 0 Å². The minimum Gasteiger partial charge on any atom is -0.480 e. The van der Waals surface area contributed by atoms with Gasteiger partial charge in [-0.25, -0.2) is 4.39 Å². The normalized spacial score (nSPS) is 11.7. The van der Waals surface area contributed by atoms with Crippen LogP contribution in [0.25, 0.3) is 0 Å². The molecule has 15 heavy (non-hydrogen) atoms. The van der Waals surface area contributed by atoms with Gasteiger partial charge >= 0.3 is 5.97 Å². The van der Waals surface area contributed by atoms with Crippen LogP contribution in [0.15, 0.2) is 18.2 Å². The molecule has 0 amide bonds. The fourth-order valence-electron chi connectivity index (χ4n) is 1.14. The highest BCUT2D eigenvalue weighted by atomic mass is 35.5. The summed E-state index contributed by atoms with van der Waals surface area (Å²) in [6.45, 7) is 1.77. The maximum absolute atomic E-state index is 13.2. The molecule has 0 radical (unpaired) electrons. The monoisotopic (exact) mass is 233 g/mol. The minimum atomic E-state index is -1.12. The van der Waals surface area contributed by atoms with Crippen molar-refractivity contribution in [3.05, 3.63) is 35.1 Å². The average molecular weight is 234 g/mol. The zero-order valence-corrected chi connectivity index (χ0v) is 9.05. The number of halogens is 2. The quantitative estimate of drug-likeness (QED) is 0.832. The molecule has 3 nitrogen and oxygen atoms in total. The Balaban J connectivity index is 0.00000196. The molecule has 1 aromatic carbocycles. The molecule has 0 unspecified atom stereocenters. The van der Waals surface area contributed by atoms with Crippen molar-refractivity contribution in [2.24, 2.45) is 5.73 Å². The zero-order valence-electron chi connectivity index (χ0n) is 8.24. The van der Waals surface area contributed by atoms with E-state index in [0.717, 1.165) is 5.56 Å². The number of aliphatic carboxylic acids is 1. The summed E-state index contributed by atoms with van der Waals surface area (Å²) < 4.78 is 13.2. The molecule has 0 aliphatic carbocycles. The Morgan fingerprint density at radius 1 is 1.60 bits per heavy atom. The highest BCUT2D eigenvalue weighted by Gasteiger charge is 2.14. The number of hydrogen-bond donors (Lipinski definition) is 2. The van der Waals surface area contributed by atoms with Gasteiger partial charge in [-0.2, -0.15) is 0 Å². The van der Waals surface area contributed by atoms with Gasteiger partial charge in [0, 0.05) is 6.42 Å². The lowest BCUT2D eigenvalue weighted by Gasteiger charge is -2.07. The summed E-state index contributed by atoms with van der Waals surface area (Å²) in [7, 11) is 0. The number of carbonyl (C=O) groups is 1. The number of rotatable bonds is 3. The zero-order chi connectivity index (χ0) is 10.7. The SMILES string of the molecule is Cc1ccc(C[C@H](N)C(=O)O)c(F)c1.Cl. The van der Waals surface area contributed by atoms with Crippen LogP contribution >= 0.6 is 12.4 Å². The second kappa shape index (κ2) is 5.68. The van der Waals surface area contributed by atoms with E-state index in [4.69, 9.17) is 10.8 Å². The summed E-state index contributed by atoms with van der Waals surface area (Å²) in [6, 6.07) is 3.61. The topological polar surface area (TPSA) is 63.3 Å². The van der Waals surface area contributed by atoms with Crippen molar-refractivity contribution in [1.82, 2.24) is 0 Å². The Morgan fingerprint density at radius 2 is 2.20 bits per heavy atom. The summed E-state index contributed by atoms with van der Waals surface area (Å²) in [5, 5.41) is 8.54. The molecule has 0 aliphatic rings. The average Bonchev–Trinajstić information content (AvgIpc) is 2.09. The second-order valence-electron chi connectivity index (χ2n) is 3.24. The van der Waals surface area contributed by atoms with E-state index >= 15 is 0 Å². The molecule has 84 valence electrons. The first-order valence-electron chi connectivity index (χ1n) is 4.24. The van der Waals surface area contributed by atoms with Crippen molar-refractivity contribution in [2.75, 3.05) is 0 Å². The van der Waals surface area contributed by atoms with Crippen molar-refractivity contribution >= 4 is 18.4 Å². The van der Waals surface area contributed by atoms with Crippen molar-refractivity contribution in [3.63, 3.8) is 0 Å². The summed E-state index contributed by atoms with van der Waals surface area (Å²) in [6.07, 6.45) is 0.0153. The predicted molar refractivity (Wildman–Crippen MR) is 57.7 cm³/mol. The van der Waals surface area contributed by atoms with Gasteiger partial charge in [-0.15, -0.1) is 12.4 Å². The molecule has 0 saturated heterocycles. The number of hydrogen-bond acceptors (Lipinski definition) is 2. The molecular weight excluding hydrogens is 221 g/mol. The highest BCUT2D eigenvalue weighted by molar-refractivity contribution is 5.85. The van der Waals surface area contributed by atoms with E-state index in [1.807, 2.05) is 0 Å². The van der Waals surface area contributed by atoms with Gasteiger partial charge in [-0.05, 0) is 24.1 Å². The van der Waals surface area contributed by atoms with Crippen molar-refractivity contribution < 1.29 is 14.3 Å². The van der Waals surface area contributed by atoms with Gasteiger partial charge in [0.05, 0.1) is 0 Å². The van der Waals surface area contributed by atoms with E-state index in [1.165, 1.54) is 6.07 Å². The minimum absolute atomic E-state index is 0. The lowest BCUT2D eigenvalue weighted by atomic mass is 10.0. The van der Waals surface area contributed by atoms with Crippen molar-refractivity contribution in [1.29, 1.82) is 0 Å². The summed E-state index contributed by atoms with van der Waals surface area (Å²) in [5.41, 5.74) is 6.43. The largest absolute Gasteiger partial charge is 0.480 e. The van der Waals surface area contributed by atoms with Gasteiger partial charge in [0.2, 0.25) is 0 Å². The van der Waals surface area contributed by atoms with Crippen LogP contribution in [0.5, 0.6) is 0 Å². The van der Waals surface area contributed by atoms with E-state index in [0.29, 0.717) is 5.56 Å². The van der Waals surface area contributed by atoms with E-state index in [9.17, 15) is 9.18 Å². The van der Waals surface area contributed by atoms with Gasteiger partial charge in [0.15, 0.2) is 0 Å². The first kappa shape index (κ1) is 13.9. The molecule has 1 rings (SSSR count). The van der Waals surface area contributed by atoms with Crippen LogP contribution in [0.4, 0.5) is 4.39 Å². The summed E-state index contributed by atoms with van der Waals surface area (Å²) in [5.74, 6) is -1.52. The maximum Gasteiger partial charge on any atom is 0.320 e. The van der Waals surface area contributed by atoms with Gasteiger partial charge in [-0.3, -0.25) is 4.79 Å². The number of benzene rings is 1. The molecule has 0 spiro atoms. The lowest BCUT2D eigenvalue weighted by Crippen LogP contribution is -2.32. The molecule has 0 bridgehead atoms. The molecular formula is C10H13ClFNO2. The highest BCUT2D eigenvalue weighted by Crippen LogP contribution is 2.11. The number of carboxylic acids is 1. The van der Waals surface area contributed by atoms with Gasteiger partial charge < -0.3 is 10.8 Å². The third-order valence-corrected chi connectivity index (χ3v) is 1.97. The Hall–Kier alpha value is -1.13. The molecule has 0 fully saturated rings. The Kier molecular flexibility index (Phi) is 5.25. The van der Waals surface area contributed by atoms with E-state index < -0.39 is 17.8 Å². The smallest absolute Gasteiger partial charge is 0.320 e. The molecule has 1 aromatic rings. The number of nitrogens with two attached hydrogens (primary N) is 1. The molecule has 1 atom stereocenters. The van der Waals surface area contributed by atoms with Crippen LogP contribution in [0.2, 0.25) is 0 Å².